The number of hydrazine groups is 1. The highest BCUT2D eigenvalue weighted by Gasteiger charge is 2.42. The number of aromatic hydroxyl groups is 2. The van der Waals surface area contributed by atoms with E-state index in [4.69, 9.17) is 5.41 Å². The van der Waals surface area contributed by atoms with Crippen LogP contribution >= 0.6 is 0 Å². The number of phenolic OH excluding ortho intramolecular Hbond substituents is 2. The minimum absolute atomic E-state index is 0.0186. The Morgan fingerprint density at radius 2 is 1.95 bits per heavy atom. The Kier molecular flexibility index (Phi) is 2.63. The molecular weight excluding hydrogens is 260 g/mol. The Hall–Kier alpha value is -2.57. The zero-order chi connectivity index (χ0) is 14.4. The van der Waals surface area contributed by atoms with Gasteiger partial charge >= 0.3 is 0 Å². The third kappa shape index (κ3) is 1.63. The van der Waals surface area contributed by atoms with E-state index in [1.54, 1.807) is 11.9 Å². The molecule has 0 aromatic heterocycles. The average molecular weight is 274 g/mol. The Labute approximate surface area is 115 Å². The minimum Gasteiger partial charge on any atom is -0.508 e. The van der Waals surface area contributed by atoms with Gasteiger partial charge in [-0.15, -0.1) is 0 Å². The highest BCUT2D eigenvalue weighted by molar-refractivity contribution is 6.68. The van der Waals surface area contributed by atoms with Crippen LogP contribution in [0.3, 0.4) is 0 Å². The number of nitrogens with one attached hydrogen (secondary N) is 1. The maximum absolute atomic E-state index is 12.1. The van der Waals surface area contributed by atoms with Crippen molar-refractivity contribution in [1.29, 1.82) is 5.41 Å². The van der Waals surface area contributed by atoms with Crippen LogP contribution in [0.15, 0.2) is 17.1 Å². The SMILES string of the molecule is Cc1c(O)ccc(N=C2C(=N)N3CCCN3C2=O)c1O. The number of aliphatic imine (C=N–C) groups is 1. The van der Waals surface area contributed by atoms with Crippen LogP contribution in [0, 0.1) is 12.3 Å². The van der Waals surface area contributed by atoms with Crippen LogP contribution in [-0.2, 0) is 4.79 Å². The molecule has 7 nitrogen and oxygen atoms in total. The number of carbonyl (C=O) groups excluding carboxylic acids is 1. The molecule has 1 aromatic carbocycles. The van der Waals surface area contributed by atoms with E-state index >= 15 is 0 Å². The molecule has 2 aliphatic heterocycles. The first-order chi connectivity index (χ1) is 9.50. The average Bonchev–Trinajstić information content (AvgIpc) is 2.99. The summed E-state index contributed by atoms with van der Waals surface area (Å²) in [6.07, 6.45) is 0.838. The highest BCUT2D eigenvalue weighted by atomic mass is 16.3. The van der Waals surface area contributed by atoms with Gasteiger partial charge < -0.3 is 10.2 Å². The normalized spacial score (nSPS) is 20.1. The summed E-state index contributed by atoms with van der Waals surface area (Å²) in [5.41, 5.74) is 0.491. The van der Waals surface area contributed by atoms with Gasteiger partial charge in [0.15, 0.2) is 11.5 Å². The summed E-state index contributed by atoms with van der Waals surface area (Å²) < 4.78 is 0. The lowest BCUT2D eigenvalue weighted by Crippen LogP contribution is -2.33. The molecule has 0 bridgehead atoms. The van der Waals surface area contributed by atoms with E-state index in [-0.39, 0.29) is 34.6 Å². The van der Waals surface area contributed by atoms with Crippen LogP contribution in [0.2, 0.25) is 0 Å². The van der Waals surface area contributed by atoms with E-state index in [2.05, 4.69) is 4.99 Å². The van der Waals surface area contributed by atoms with Gasteiger partial charge in [-0.2, -0.15) is 0 Å². The van der Waals surface area contributed by atoms with Crippen molar-refractivity contribution < 1.29 is 15.0 Å². The molecule has 1 aromatic rings. The van der Waals surface area contributed by atoms with Crippen LogP contribution in [0.4, 0.5) is 5.69 Å². The zero-order valence-electron chi connectivity index (χ0n) is 10.9. The molecule has 2 heterocycles. The number of hydrogen-bond donors (Lipinski definition) is 3. The fourth-order valence-corrected chi connectivity index (χ4v) is 2.39. The molecule has 104 valence electrons. The number of rotatable bonds is 1. The number of hydrogen-bond acceptors (Lipinski definition) is 5. The maximum Gasteiger partial charge on any atom is 0.294 e. The molecule has 0 radical (unpaired) electrons. The van der Waals surface area contributed by atoms with E-state index < -0.39 is 0 Å². The van der Waals surface area contributed by atoms with Crippen molar-refractivity contribution in [3.8, 4) is 11.5 Å². The van der Waals surface area contributed by atoms with E-state index in [0.29, 0.717) is 18.7 Å². The van der Waals surface area contributed by atoms with Crippen LogP contribution in [-0.4, -0.2) is 50.8 Å². The number of nitrogens with zero attached hydrogens (tertiary/aromatic N) is 3. The standard InChI is InChI=1S/C13H14N4O3/c1-7-9(18)4-3-8(11(7)19)15-10-12(14)16-5-2-6-17(16)13(10)20/h3-4,14,18-19H,2,5-6H2,1H3. The molecule has 0 aliphatic carbocycles. The van der Waals surface area contributed by atoms with Crippen molar-refractivity contribution in [3.63, 3.8) is 0 Å². The number of phenols is 2. The molecule has 2 aliphatic rings. The lowest BCUT2D eigenvalue weighted by Gasteiger charge is -2.17. The van der Waals surface area contributed by atoms with Gasteiger partial charge in [0.1, 0.15) is 17.2 Å². The second-order valence-electron chi connectivity index (χ2n) is 4.79. The summed E-state index contributed by atoms with van der Waals surface area (Å²) in [7, 11) is 0. The Morgan fingerprint density at radius 1 is 1.25 bits per heavy atom. The second kappa shape index (κ2) is 4.22. The van der Waals surface area contributed by atoms with Gasteiger partial charge in [0.2, 0.25) is 0 Å². The monoisotopic (exact) mass is 274 g/mol. The van der Waals surface area contributed by atoms with E-state index in [0.717, 1.165) is 6.42 Å². The van der Waals surface area contributed by atoms with Crippen molar-refractivity contribution in [2.45, 2.75) is 13.3 Å². The van der Waals surface area contributed by atoms with Gasteiger partial charge in [-0.1, -0.05) is 0 Å². The molecule has 2 fully saturated rings. The third-order valence-corrected chi connectivity index (χ3v) is 3.56. The fourth-order valence-electron chi connectivity index (χ4n) is 2.39. The molecule has 0 atom stereocenters. The molecule has 2 saturated heterocycles. The van der Waals surface area contributed by atoms with Gasteiger partial charge in [0.05, 0.1) is 0 Å². The van der Waals surface area contributed by atoms with Crippen molar-refractivity contribution in [1.82, 2.24) is 10.0 Å². The van der Waals surface area contributed by atoms with E-state index in [9.17, 15) is 15.0 Å². The van der Waals surface area contributed by atoms with Crippen molar-refractivity contribution in [2.24, 2.45) is 4.99 Å². The lowest BCUT2D eigenvalue weighted by molar-refractivity contribution is -0.129. The number of benzene rings is 1. The largest absolute Gasteiger partial charge is 0.508 e. The first kappa shape index (κ1) is 12.5. The predicted molar refractivity (Wildman–Crippen MR) is 72.4 cm³/mol. The van der Waals surface area contributed by atoms with Crippen LogP contribution in [0.5, 0.6) is 11.5 Å². The highest BCUT2D eigenvalue weighted by Crippen LogP contribution is 2.36. The summed E-state index contributed by atoms with van der Waals surface area (Å²) in [5.74, 6) is -0.487. The van der Waals surface area contributed by atoms with Gasteiger partial charge in [0, 0.05) is 18.7 Å². The molecule has 0 unspecified atom stereocenters. The summed E-state index contributed by atoms with van der Waals surface area (Å²) in [6, 6.07) is 2.82. The Morgan fingerprint density at radius 3 is 2.65 bits per heavy atom. The molecule has 0 saturated carbocycles. The summed E-state index contributed by atoms with van der Waals surface area (Å²) >= 11 is 0. The van der Waals surface area contributed by atoms with E-state index in [1.165, 1.54) is 17.1 Å². The van der Waals surface area contributed by atoms with Crippen molar-refractivity contribution >= 4 is 23.1 Å². The molecule has 0 spiro atoms. The summed E-state index contributed by atoms with van der Waals surface area (Å²) in [6.45, 7) is 2.77. The molecular formula is C13H14N4O3. The molecule has 3 N–H and O–H groups in total. The molecule has 20 heavy (non-hydrogen) atoms. The fraction of sp³-hybridized carbons (Fsp3) is 0.308. The molecule has 1 amide bonds. The predicted octanol–water partition coefficient (Wildman–Crippen LogP) is 0.919. The van der Waals surface area contributed by atoms with Gasteiger partial charge in [-0.3, -0.25) is 15.2 Å². The summed E-state index contributed by atoms with van der Waals surface area (Å²) in [5, 5.41) is 30.5. The molecule has 3 rings (SSSR count). The second-order valence-corrected chi connectivity index (χ2v) is 4.79. The number of carbonyl (C=O) groups is 1. The lowest BCUT2D eigenvalue weighted by atomic mass is 10.1. The van der Waals surface area contributed by atoms with Crippen LogP contribution in [0.25, 0.3) is 0 Å². The van der Waals surface area contributed by atoms with Gasteiger partial charge in [-0.25, -0.2) is 10.0 Å². The Balaban J connectivity index is 2.03. The van der Waals surface area contributed by atoms with Crippen molar-refractivity contribution in [3.05, 3.63) is 17.7 Å². The third-order valence-electron chi connectivity index (χ3n) is 3.56. The van der Waals surface area contributed by atoms with Crippen molar-refractivity contribution in [2.75, 3.05) is 13.1 Å². The van der Waals surface area contributed by atoms with E-state index in [1.807, 2.05) is 0 Å². The van der Waals surface area contributed by atoms with Crippen LogP contribution < -0.4 is 0 Å². The maximum atomic E-state index is 12.1. The van der Waals surface area contributed by atoms with Crippen LogP contribution in [0.1, 0.15) is 12.0 Å². The first-order valence-corrected chi connectivity index (χ1v) is 6.29. The first-order valence-electron chi connectivity index (χ1n) is 6.29. The zero-order valence-corrected chi connectivity index (χ0v) is 10.9. The molecule has 7 heteroatoms. The quantitative estimate of drug-likeness (QED) is 0.708. The van der Waals surface area contributed by atoms with Gasteiger partial charge in [-0.05, 0) is 25.5 Å². The number of amidine groups is 1. The smallest absolute Gasteiger partial charge is 0.294 e. The summed E-state index contributed by atoms with van der Waals surface area (Å²) in [4.78, 5) is 16.2. The number of fused-ring (bicyclic) bond motifs is 1. The number of amides is 1. The van der Waals surface area contributed by atoms with Gasteiger partial charge in [0.25, 0.3) is 5.91 Å². The topological polar surface area (TPSA) is 100 Å². The Bertz CT molecular complexity index is 629. The minimum atomic E-state index is -0.322.